The molecule has 72 valence electrons. The Morgan fingerprint density at radius 1 is 1.23 bits per heavy atom. The second kappa shape index (κ2) is 5.68. The molecule has 0 bridgehead atoms. The minimum Gasteiger partial charge on any atom is -0.374 e. The zero-order chi connectivity index (χ0) is 9.73. The lowest BCUT2D eigenvalue weighted by Crippen LogP contribution is -2.10. The first-order valence-electron chi connectivity index (χ1n) is 3.76. The van der Waals surface area contributed by atoms with E-state index in [9.17, 15) is 0 Å². The van der Waals surface area contributed by atoms with E-state index in [2.05, 4.69) is 66.6 Å². The van der Waals surface area contributed by atoms with E-state index < -0.39 is 0 Å². The van der Waals surface area contributed by atoms with Gasteiger partial charge in [0.15, 0.2) is 1.24 Å². The van der Waals surface area contributed by atoms with Gasteiger partial charge in [0.1, 0.15) is 0 Å². The van der Waals surface area contributed by atoms with Crippen LogP contribution < -0.4 is 0 Å². The Labute approximate surface area is 109 Å². The first-order valence-corrected chi connectivity index (χ1v) is 6.43. The van der Waals surface area contributed by atoms with Crippen molar-refractivity contribution in [3.05, 3.63) is 35.9 Å². The molecule has 0 heterocycles. The highest BCUT2D eigenvalue weighted by atomic mass is 127. The van der Waals surface area contributed by atoms with Crippen LogP contribution in [-0.4, -0.2) is 7.85 Å². The third kappa shape index (κ3) is 6.04. The third-order valence-electron chi connectivity index (χ3n) is 1.38. The summed E-state index contributed by atoms with van der Waals surface area (Å²) in [5.74, 6) is 0. The van der Waals surface area contributed by atoms with Gasteiger partial charge in [-0.15, -0.1) is 0 Å². The van der Waals surface area contributed by atoms with Gasteiger partial charge in [-0.25, -0.2) is 0 Å². The van der Waals surface area contributed by atoms with Crippen molar-refractivity contribution in [3.63, 3.8) is 0 Å². The lowest BCUT2D eigenvalue weighted by Gasteiger charge is -2.12. The number of rotatable bonds is 4. The lowest BCUT2D eigenvalue weighted by molar-refractivity contribution is 0.132. The standard InChI is InChI=1S/C9H9Br2IO/c10-9(11,12)7-13-6-8-4-2-1-3-5-8/h1-5H,6-7H2. The highest BCUT2D eigenvalue weighted by Gasteiger charge is 2.17. The van der Waals surface area contributed by atoms with E-state index in [4.69, 9.17) is 4.74 Å². The van der Waals surface area contributed by atoms with Crippen molar-refractivity contribution in [2.45, 2.75) is 7.85 Å². The molecule has 1 nitrogen and oxygen atoms in total. The Kier molecular flexibility index (Phi) is 5.22. The van der Waals surface area contributed by atoms with Crippen LogP contribution >= 0.6 is 54.5 Å². The number of alkyl halides is 3. The van der Waals surface area contributed by atoms with E-state index in [-0.39, 0.29) is 1.24 Å². The van der Waals surface area contributed by atoms with Gasteiger partial charge in [-0.2, -0.15) is 0 Å². The van der Waals surface area contributed by atoms with Crippen molar-refractivity contribution in [3.8, 4) is 0 Å². The molecule has 0 saturated heterocycles. The quantitative estimate of drug-likeness (QED) is 0.528. The predicted molar refractivity (Wildman–Crippen MR) is 70.7 cm³/mol. The smallest absolute Gasteiger partial charge is 0.154 e. The Morgan fingerprint density at radius 3 is 2.38 bits per heavy atom. The number of ether oxygens (including phenoxy) is 1. The normalized spacial score (nSPS) is 11.6. The molecule has 0 aliphatic rings. The predicted octanol–water partition coefficient (Wildman–Crippen LogP) is 4.08. The second-order valence-corrected chi connectivity index (χ2v) is 11.2. The summed E-state index contributed by atoms with van der Waals surface area (Å²) in [5.41, 5.74) is 1.20. The molecule has 0 aliphatic heterocycles. The van der Waals surface area contributed by atoms with Crippen molar-refractivity contribution in [2.24, 2.45) is 0 Å². The topological polar surface area (TPSA) is 9.23 Å². The number of benzene rings is 1. The number of halogens is 3. The Hall–Kier alpha value is 0.870. The summed E-state index contributed by atoms with van der Waals surface area (Å²) in [7, 11) is 0. The van der Waals surface area contributed by atoms with Crippen LogP contribution in [0.3, 0.4) is 0 Å². The summed E-state index contributed by atoms with van der Waals surface area (Å²) in [6.45, 7) is 1.28. The molecule has 1 rings (SSSR count). The molecule has 1 aromatic rings. The zero-order valence-corrected chi connectivity index (χ0v) is 12.2. The van der Waals surface area contributed by atoms with E-state index in [0.717, 1.165) is 0 Å². The van der Waals surface area contributed by atoms with Crippen LogP contribution in [0.25, 0.3) is 0 Å². The SMILES string of the molecule is BrC(Br)(I)COCc1ccccc1. The zero-order valence-electron chi connectivity index (χ0n) is 6.84. The lowest BCUT2D eigenvalue weighted by atomic mass is 10.2. The molecule has 0 fully saturated rings. The van der Waals surface area contributed by atoms with Crippen LogP contribution in [-0.2, 0) is 11.3 Å². The molecule has 0 N–H and O–H groups in total. The van der Waals surface area contributed by atoms with E-state index in [0.29, 0.717) is 13.2 Å². The maximum Gasteiger partial charge on any atom is 0.154 e. The summed E-state index contributed by atoms with van der Waals surface area (Å²) in [6.07, 6.45) is 0. The van der Waals surface area contributed by atoms with Gasteiger partial charge in [0.2, 0.25) is 0 Å². The molecule has 0 saturated carbocycles. The average molecular weight is 420 g/mol. The van der Waals surface area contributed by atoms with Crippen LogP contribution in [0.2, 0.25) is 0 Å². The van der Waals surface area contributed by atoms with E-state index in [1.807, 2.05) is 18.2 Å². The van der Waals surface area contributed by atoms with Crippen LogP contribution in [0.1, 0.15) is 5.56 Å². The summed E-state index contributed by atoms with van der Waals surface area (Å²) in [4.78, 5) is 0. The van der Waals surface area contributed by atoms with Gasteiger partial charge in [-0.3, -0.25) is 0 Å². The molecule has 1 aromatic carbocycles. The molecular weight excluding hydrogens is 411 g/mol. The van der Waals surface area contributed by atoms with Gasteiger partial charge in [0.25, 0.3) is 0 Å². The molecular formula is C9H9Br2IO. The Bertz CT molecular complexity index is 246. The highest BCUT2D eigenvalue weighted by molar-refractivity contribution is 14.1. The first kappa shape index (κ1) is 11.9. The number of hydrogen-bond donors (Lipinski definition) is 0. The average Bonchev–Trinajstić information content (AvgIpc) is 2.04. The number of hydrogen-bond acceptors (Lipinski definition) is 1. The molecule has 13 heavy (non-hydrogen) atoms. The molecule has 4 heteroatoms. The Balaban J connectivity index is 2.29. The molecule has 0 atom stereocenters. The van der Waals surface area contributed by atoms with Crippen LogP contribution in [0, 0.1) is 0 Å². The molecule has 0 aliphatic carbocycles. The van der Waals surface area contributed by atoms with E-state index >= 15 is 0 Å². The fraction of sp³-hybridized carbons (Fsp3) is 0.333. The van der Waals surface area contributed by atoms with Crippen molar-refractivity contribution in [1.29, 1.82) is 0 Å². The molecule has 0 unspecified atom stereocenters. The van der Waals surface area contributed by atoms with Crippen LogP contribution in [0.15, 0.2) is 30.3 Å². The first-order chi connectivity index (χ1) is 6.08. The van der Waals surface area contributed by atoms with Crippen molar-refractivity contribution >= 4 is 54.5 Å². The van der Waals surface area contributed by atoms with Gasteiger partial charge in [-0.1, -0.05) is 84.8 Å². The van der Waals surface area contributed by atoms with E-state index in [1.54, 1.807) is 0 Å². The molecule has 0 radical (unpaired) electrons. The highest BCUT2D eigenvalue weighted by Crippen LogP contribution is 2.34. The van der Waals surface area contributed by atoms with Crippen LogP contribution in [0.4, 0.5) is 0 Å². The van der Waals surface area contributed by atoms with Crippen molar-refractivity contribution in [1.82, 2.24) is 0 Å². The minimum atomic E-state index is -0.146. The van der Waals surface area contributed by atoms with Crippen molar-refractivity contribution < 1.29 is 4.74 Å². The molecule has 0 amide bonds. The maximum atomic E-state index is 5.48. The van der Waals surface area contributed by atoms with E-state index in [1.165, 1.54) is 5.56 Å². The molecule has 0 aromatic heterocycles. The van der Waals surface area contributed by atoms with Crippen molar-refractivity contribution in [2.75, 3.05) is 6.61 Å². The van der Waals surface area contributed by atoms with Crippen LogP contribution in [0.5, 0.6) is 0 Å². The van der Waals surface area contributed by atoms with Gasteiger partial charge >= 0.3 is 0 Å². The Morgan fingerprint density at radius 2 is 1.85 bits per heavy atom. The maximum absolute atomic E-state index is 5.48. The fourth-order valence-corrected chi connectivity index (χ4v) is 1.40. The molecule has 0 spiro atoms. The van der Waals surface area contributed by atoms with Gasteiger partial charge in [0.05, 0.1) is 13.2 Å². The third-order valence-corrected chi connectivity index (χ3v) is 2.15. The monoisotopic (exact) mass is 418 g/mol. The summed E-state index contributed by atoms with van der Waals surface area (Å²) in [5, 5.41) is 0. The summed E-state index contributed by atoms with van der Waals surface area (Å²) >= 11 is 9.09. The van der Waals surface area contributed by atoms with Gasteiger partial charge < -0.3 is 4.74 Å². The van der Waals surface area contributed by atoms with Gasteiger partial charge in [0, 0.05) is 0 Å². The van der Waals surface area contributed by atoms with Gasteiger partial charge in [-0.05, 0) is 5.56 Å². The minimum absolute atomic E-state index is 0.146. The largest absolute Gasteiger partial charge is 0.374 e. The fourth-order valence-electron chi connectivity index (χ4n) is 0.859. The summed E-state index contributed by atoms with van der Waals surface area (Å²) in [6, 6.07) is 10.1. The second-order valence-electron chi connectivity index (χ2n) is 2.59. The summed E-state index contributed by atoms with van der Waals surface area (Å²) < 4.78 is 5.34.